The van der Waals surface area contributed by atoms with Crippen molar-refractivity contribution >= 4 is 18.0 Å². The fourth-order valence-electron chi connectivity index (χ4n) is 3.23. The minimum absolute atomic E-state index is 0.141. The van der Waals surface area contributed by atoms with Gasteiger partial charge in [-0.1, -0.05) is 6.07 Å². The number of hydrogen-bond acceptors (Lipinski definition) is 13. The van der Waals surface area contributed by atoms with E-state index in [0.717, 1.165) is 18.2 Å². The number of phenols is 4. The van der Waals surface area contributed by atoms with Crippen molar-refractivity contribution in [1.29, 1.82) is 0 Å². The topological polar surface area (TPSA) is 213 Å². The first-order valence-electron chi connectivity index (χ1n) is 10.4. The second-order valence-electron chi connectivity index (χ2n) is 7.68. The van der Waals surface area contributed by atoms with E-state index in [2.05, 4.69) is 0 Å². The van der Waals surface area contributed by atoms with Crippen molar-refractivity contribution < 1.29 is 64.3 Å². The van der Waals surface area contributed by atoms with Crippen LogP contribution in [0.3, 0.4) is 0 Å². The first kappa shape index (κ1) is 26.6. The third kappa shape index (κ3) is 5.95. The Morgan fingerprint density at radius 3 is 2.22 bits per heavy atom. The van der Waals surface area contributed by atoms with Gasteiger partial charge in [-0.15, -0.1) is 0 Å². The molecule has 5 atom stereocenters. The number of esters is 2. The number of ether oxygens (including phenoxy) is 4. The van der Waals surface area contributed by atoms with Gasteiger partial charge in [0.25, 0.3) is 0 Å². The molecule has 194 valence electrons. The molecule has 0 saturated carbocycles. The molecule has 13 heteroatoms. The Hall–Kier alpha value is -4.04. The van der Waals surface area contributed by atoms with Crippen LogP contribution >= 0.6 is 0 Å². The van der Waals surface area contributed by atoms with Gasteiger partial charge in [0.15, 0.2) is 28.7 Å². The number of benzene rings is 2. The van der Waals surface area contributed by atoms with E-state index in [1.165, 1.54) is 25.3 Å². The summed E-state index contributed by atoms with van der Waals surface area (Å²) in [7, 11) is 1.38. The van der Waals surface area contributed by atoms with E-state index < -0.39 is 72.1 Å². The zero-order valence-electron chi connectivity index (χ0n) is 18.7. The van der Waals surface area contributed by atoms with Gasteiger partial charge >= 0.3 is 11.9 Å². The van der Waals surface area contributed by atoms with Gasteiger partial charge < -0.3 is 54.7 Å². The SMILES string of the molecule is COc1ccc(/C=C/C(=O)OC[C@H]2O[C@H](OC(=O)c3cc(O)c(O)c(O)c3)[C@H](O)[C@@H](O)[C@@H]2O)cc1O. The Kier molecular flexibility index (Phi) is 8.22. The Balaban J connectivity index is 1.62. The quantitative estimate of drug-likeness (QED) is 0.146. The molecule has 2 aromatic carbocycles. The average molecular weight is 508 g/mol. The Morgan fingerprint density at radius 1 is 0.944 bits per heavy atom. The lowest BCUT2D eigenvalue weighted by Gasteiger charge is -2.39. The summed E-state index contributed by atoms with van der Waals surface area (Å²) in [5.41, 5.74) is 0.0351. The summed E-state index contributed by atoms with van der Waals surface area (Å²) in [6.45, 7) is -0.600. The highest BCUT2D eigenvalue weighted by atomic mass is 16.7. The molecule has 1 aliphatic heterocycles. The van der Waals surface area contributed by atoms with Crippen LogP contribution in [-0.4, -0.2) is 92.1 Å². The largest absolute Gasteiger partial charge is 0.504 e. The lowest BCUT2D eigenvalue weighted by Crippen LogP contribution is -2.59. The predicted molar refractivity (Wildman–Crippen MR) is 118 cm³/mol. The highest BCUT2D eigenvalue weighted by Crippen LogP contribution is 2.36. The third-order valence-corrected chi connectivity index (χ3v) is 5.20. The number of aromatic hydroxyl groups is 4. The van der Waals surface area contributed by atoms with Crippen LogP contribution in [0.2, 0.25) is 0 Å². The van der Waals surface area contributed by atoms with Crippen molar-refractivity contribution in [1.82, 2.24) is 0 Å². The van der Waals surface area contributed by atoms with E-state index in [4.69, 9.17) is 18.9 Å². The number of methoxy groups -OCH3 is 1. The second kappa shape index (κ2) is 11.1. The maximum Gasteiger partial charge on any atom is 0.340 e. The van der Waals surface area contributed by atoms with Crippen LogP contribution < -0.4 is 4.74 Å². The standard InChI is InChI=1S/C23H24O13/c1-33-15-4-2-10(6-12(15)24)3-5-17(27)34-9-16-19(29)20(30)21(31)23(35-16)36-22(32)11-7-13(25)18(28)14(26)8-11/h2-8,16,19-21,23-26,28-31H,9H2,1H3/b5-3+/t16-,19-,20+,21-,23-/m1/s1. The highest BCUT2D eigenvalue weighted by molar-refractivity contribution is 5.91. The lowest BCUT2D eigenvalue weighted by atomic mass is 9.99. The number of rotatable bonds is 7. The van der Waals surface area contributed by atoms with Crippen molar-refractivity contribution in [3.05, 3.63) is 47.5 Å². The molecule has 1 saturated heterocycles. The summed E-state index contributed by atoms with van der Waals surface area (Å²) < 4.78 is 20.2. The van der Waals surface area contributed by atoms with Gasteiger partial charge in [0.1, 0.15) is 31.0 Å². The zero-order valence-corrected chi connectivity index (χ0v) is 18.7. The van der Waals surface area contributed by atoms with Gasteiger partial charge in [0.2, 0.25) is 6.29 Å². The Morgan fingerprint density at radius 2 is 1.61 bits per heavy atom. The molecule has 1 heterocycles. The number of hydrogen-bond donors (Lipinski definition) is 7. The van der Waals surface area contributed by atoms with Gasteiger partial charge in [-0.05, 0) is 35.9 Å². The molecule has 13 nitrogen and oxygen atoms in total. The molecule has 0 amide bonds. The maximum atomic E-state index is 12.3. The number of carbonyl (C=O) groups is 2. The first-order chi connectivity index (χ1) is 17.0. The van der Waals surface area contributed by atoms with E-state index in [1.807, 2.05) is 0 Å². The maximum absolute atomic E-state index is 12.3. The van der Waals surface area contributed by atoms with Crippen molar-refractivity contribution in [2.75, 3.05) is 13.7 Å². The fraction of sp³-hybridized carbons (Fsp3) is 0.304. The minimum atomic E-state index is -1.89. The van der Waals surface area contributed by atoms with E-state index >= 15 is 0 Å². The molecule has 7 N–H and O–H groups in total. The molecule has 1 fully saturated rings. The monoisotopic (exact) mass is 508 g/mol. The molecule has 0 bridgehead atoms. The lowest BCUT2D eigenvalue weighted by molar-refractivity contribution is -0.285. The van der Waals surface area contributed by atoms with Gasteiger partial charge in [0.05, 0.1) is 12.7 Å². The van der Waals surface area contributed by atoms with Gasteiger partial charge in [-0.25, -0.2) is 9.59 Å². The summed E-state index contributed by atoms with van der Waals surface area (Å²) in [6.07, 6.45) is -6.32. The zero-order chi connectivity index (χ0) is 26.6. The number of carbonyl (C=O) groups excluding carboxylic acids is 2. The number of phenolic OH excluding ortho intramolecular Hbond substituents is 4. The molecule has 0 radical (unpaired) electrons. The van der Waals surface area contributed by atoms with Crippen molar-refractivity contribution in [3.8, 4) is 28.7 Å². The third-order valence-electron chi connectivity index (χ3n) is 5.20. The van der Waals surface area contributed by atoms with E-state index in [0.29, 0.717) is 5.56 Å². The predicted octanol–water partition coefficient (Wildman–Crippen LogP) is -0.261. The van der Waals surface area contributed by atoms with E-state index in [9.17, 15) is 45.3 Å². The molecule has 0 aromatic heterocycles. The smallest absolute Gasteiger partial charge is 0.340 e. The van der Waals surface area contributed by atoms with Crippen molar-refractivity contribution in [2.24, 2.45) is 0 Å². The van der Waals surface area contributed by atoms with Gasteiger partial charge in [-0.2, -0.15) is 0 Å². The first-order valence-corrected chi connectivity index (χ1v) is 10.4. The van der Waals surface area contributed by atoms with Crippen LogP contribution in [-0.2, 0) is 19.0 Å². The summed E-state index contributed by atoms with van der Waals surface area (Å²) in [5.74, 6) is -4.47. The van der Waals surface area contributed by atoms with Crippen LogP contribution in [0.5, 0.6) is 28.7 Å². The average Bonchev–Trinajstić information content (AvgIpc) is 2.85. The van der Waals surface area contributed by atoms with Gasteiger partial charge in [-0.3, -0.25) is 0 Å². The van der Waals surface area contributed by atoms with Crippen LogP contribution in [0.4, 0.5) is 0 Å². The Bertz CT molecular complexity index is 1120. The second-order valence-corrected chi connectivity index (χ2v) is 7.68. The summed E-state index contributed by atoms with van der Waals surface area (Å²) >= 11 is 0. The molecule has 36 heavy (non-hydrogen) atoms. The number of aliphatic hydroxyl groups excluding tert-OH is 3. The molecule has 0 spiro atoms. The number of aliphatic hydroxyl groups is 3. The van der Waals surface area contributed by atoms with E-state index in [-0.39, 0.29) is 11.5 Å². The summed E-state index contributed by atoms with van der Waals surface area (Å²) in [6, 6.07) is 5.97. The van der Waals surface area contributed by atoms with E-state index in [1.54, 1.807) is 6.07 Å². The molecule has 1 aliphatic rings. The normalized spacial score (nSPS) is 23.8. The molecule has 2 aromatic rings. The Labute approximate surface area is 203 Å². The van der Waals surface area contributed by atoms with Crippen LogP contribution in [0, 0.1) is 0 Å². The van der Waals surface area contributed by atoms with Crippen LogP contribution in [0.25, 0.3) is 6.08 Å². The van der Waals surface area contributed by atoms with Crippen LogP contribution in [0.15, 0.2) is 36.4 Å². The molecular formula is C23H24O13. The molecule has 0 aliphatic carbocycles. The fourth-order valence-corrected chi connectivity index (χ4v) is 3.23. The molecule has 3 rings (SSSR count). The van der Waals surface area contributed by atoms with Crippen molar-refractivity contribution in [3.63, 3.8) is 0 Å². The van der Waals surface area contributed by atoms with Crippen LogP contribution in [0.1, 0.15) is 15.9 Å². The molecular weight excluding hydrogens is 484 g/mol. The van der Waals surface area contributed by atoms with Crippen molar-refractivity contribution in [2.45, 2.75) is 30.7 Å². The summed E-state index contributed by atoms with van der Waals surface area (Å²) in [5, 5.41) is 68.6. The minimum Gasteiger partial charge on any atom is -0.504 e. The molecule has 0 unspecified atom stereocenters. The highest BCUT2D eigenvalue weighted by Gasteiger charge is 2.46. The summed E-state index contributed by atoms with van der Waals surface area (Å²) in [4.78, 5) is 24.4. The van der Waals surface area contributed by atoms with Gasteiger partial charge in [0, 0.05) is 6.08 Å².